The lowest BCUT2D eigenvalue weighted by Crippen LogP contribution is -2.28. The lowest BCUT2D eigenvalue weighted by Gasteiger charge is -2.18. The van der Waals surface area contributed by atoms with Gasteiger partial charge in [-0.3, -0.25) is 4.79 Å². The number of esters is 1. The van der Waals surface area contributed by atoms with Gasteiger partial charge in [0.25, 0.3) is 5.91 Å². The van der Waals surface area contributed by atoms with Gasteiger partial charge in [0.15, 0.2) is 5.69 Å². The van der Waals surface area contributed by atoms with E-state index < -0.39 is 36.4 Å². The van der Waals surface area contributed by atoms with E-state index in [1.165, 1.54) is 44.4 Å². The first-order valence-corrected chi connectivity index (χ1v) is 13.0. The predicted molar refractivity (Wildman–Crippen MR) is 147 cm³/mol. The van der Waals surface area contributed by atoms with E-state index in [0.29, 0.717) is 23.8 Å². The van der Waals surface area contributed by atoms with Crippen molar-refractivity contribution in [1.82, 2.24) is 10.3 Å². The van der Waals surface area contributed by atoms with Crippen molar-refractivity contribution >= 4 is 30.1 Å². The second-order valence-electron chi connectivity index (χ2n) is 8.90. The van der Waals surface area contributed by atoms with E-state index in [1.54, 1.807) is 13.8 Å². The van der Waals surface area contributed by atoms with Crippen molar-refractivity contribution < 1.29 is 43.2 Å². The molecule has 1 aliphatic rings. The van der Waals surface area contributed by atoms with Crippen LogP contribution in [-0.4, -0.2) is 60.1 Å². The van der Waals surface area contributed by atoms with Crippen LogP contribution in [0.4, 0.5) is 4.79 Å². The molecule has 1 aliphatic carbocycles. The van der Waals surface area contributed by atoms with Gasteiger partial charge in [-0.2, -0.15) is 0 Å². The molecule has 0 aliphatic heterocycles. The predicted octanol–water partition coefficient (Wildman–Crippen LogP) is 5.33. The van der Waals surface area contributed by atoms with E-state index in [1.807, 2.05) is 13.8 Å². The molecule has 11 nitrogen and oxygen atoms in total. The Labute approximate surface area is 233 Å². The van der Waals surface area contributed by atoms with Gasteiger partial charge in [-0.05, 0) is 56.9 Å². The minimum Gasteiger partial charge on any atom is -0.496 e. The van der Waals surface area contributed by atoms with Gasteiger partial charge < -0.3 is 29.4 Å². The number of carboxylic acids is 1. The maximum atomic E-state index is 13.2. The number of hydrogen-bond donors (Lipinski definition) is 2. The van der Waals surface area contributed by atoms with Gasteiger partial charge in [0, 0.05) is 30.2 Å². The average molecular weight is 557 g/mol. The molecule has 1 unspecified atom stereocenters. The van der Waals surface area contributed by atoms with Crippen molar-refractivity contribution in [1.29, 1.82) is 0 Å². The number of benzene rings is 1. The van der Waals surface area contributed by atoms with Gasteiger partial charge in [-0.25, -0.2) is 19.4 Å². The van der Waals surface area contributed by atoms with Crippen molar-refractivity contribution in [2.45, 2.75) is 59.9 Å². The summed E-state index contributed by atoms with van der Waals surface area (Å²) in [4.78, 5) is 54.0. The summed E-state index contributed by atoms with van der Waals surface area (Å²) in [6.45, 7) is 12.7. The topological polar surface area (TPSA) is 150 Å². The van der Waals surface area contributed by atoms with Crippen molar-refractivity contribution in [2.24, 2.45) is 5.92 Å². The molecule has 1 aromatic carbocycles. The number of ether oxygens (including phenoxy) is 4. The fraction of sp³-hybridized carbons (Fsp3) is 0.414. The molecule has 1 amide bonds. The summed E-state index contributed by atoms with van der Waals surface area (Å²) in [7, 11) is 1.41. The van der Waals surface area contributed by atoms with E-state index >= 15 is 0 Å². The molecular weight excluding hydrogens is 520 g/mol. The lowest BCUT2D eigenvalue weighted by molar-refractivity contribution is -0.0868. The standard InChI is InChI=1S/C27H30N2O9.C2H6/c1-6-17-11-20(25(31)32)19(12-22(17)35-5)18-9-10-21(24(30)28-13-16-7-8-16)29-23(18)26(33)37-15(4)38-27(34)36-14(2)3;1-2/h6,9-12,14-16H,1,7-8,13H2,2-5H3,(H,28,30)(H,31,32);1-2H3. The molecule has 1 fully saturated rings. The Hall–Kier alpha value is -4.41. The van der Waals surface area contributed by atoms with E-state index in [4.69, 9.17) is 18.9 Å². The normalized spacial score (nSPS) is 12.8. The maximum Gasteiger partial charge on any atom is 0.511 e. The van der Waals surface area contributed by atoms with Crippen molar-refractivity contribution in [2.75, 3.05) is 13.7 Å². The maximum absolute atomic E-state index is 13.2. The SMILES string of the molecule is C=Cc1cc(C(=O)O)c(-c2ccc(C(=O)NCC3CC3)nc2C(=O)OC(C)OC(=O)OC(C)C)cc1OC.CC. The number of carbonyl (C=O) groups is 4. The molecule has 1 saturated carbocycles. The number of hydrogen-bond acceptors (Lipinski definition) is 9. The highest BCUT2D eigenvalue weighted by atomic mass is 16.8. The van der Waals surface area contributed by atoms with Crippen LogP contribution in [0.15, 0.2) is 30.8 Å². The molecule has 0 radical (unpaired) electrons. The monoisotopic (exact) mass is 556 g/mol. The van der Waals surface area contributed by atoms with Crippen LogP contribution >= 0.6 is 0 Å². The highest BCUT2D eigenvalue weighted by Crippen LogP contribution is 2.34. The first-order valence-electron chi connectivity index (χ1n) is 13.0. The minimum absolute atomic E-state index is 0.0667. The zero-order valence-corrected chi connectivity index (χ0v) is 23.6. The molecule has 11 heteroatoms. The lowest BCUT2D eigenvalue weighted by atomic mass is 9.95. The summed E-state index contributed by atoms with van der Waals surface area (Å²) in [5.74, 6) is -2.10. The Kier molecular flexibility index (Phi) is 11.7. The molecule has 3 rings (SSSR count). The molecule has 2 aromatic rings. The molecule has 40 heavy (non-hydrogen) atoms. The minimum atomic E-state index is -1.37. The second kappa shape index (κ2) is 14.7. The zero-order chi connectivity index (χ0) is 30.0. The molecule has 0 spiro atoms. The molecule has 0 saturated heterocycles. The van der Waals surface area contributed by atoms with E-state index in [0.717, 1.165) is 12.8 Å². The zero-order valence-electron chi connectivity index (χ0n) is 23.6. The molecular formula is C29H36N2O9. The number of methoxy groups -OCH3 is 1. The van der Waals surface area contributed by atoms with Crippen LogP contribution in [-0.2, 0) is 14.2 Å². The van der Waals surface area contributed by atoms with Crippen LogP contribution in [0.25, 0.3) is 17.2 Å². The van der Waals surface area contributed by atoms with Gasteiger partial charge in [0.2, 0.25) is 6.29 Å². The van der Waals surface area contributed by atoms with Gasteiger partial charge in [0.1, 0.15) is 11.4 Å². The van der Waals surface area contributed by atoms with Gasteiger partial charge in [-0.15, -0.1) is 0 Å². The highest BCUT2D eigenvalue weighted by molar-refractivity contribution is 6.03. The number of amides is 1. The first kappa shape index (κ1) is 31.8. The van der Waals surface area contributed by atoms with Crippen LogP contribution < -0.4 is 10.1 Å². The molecule has 216 valence electrons. The number of carbonyl (C=O) groups excluding carboxylic acids is 3. The molecule has 1 aromatic heterocycles. The Morgan fingerprint density at radius 1 is 1.07 bits per heavy atom. The number of nitrogens with one attached hydrogen (secondary N) is 1. The van der Waals surface area contributed by atoms with Crippen LogP contribution in [0.5, 0.6) is 5.75 Å². The van der Waals surface area contributed by atoms with Crippen LogP contribution in [0.2, 0.25) is 0 Å². The fourth-order valence-electron chi connectivity index (χ4n) is 3.53. The summed E-state index contributed by atoms with van der Waals surface area (Å²) >= 11 is 0. The van der Waals surface area contributed by atoms with Crippen LogP contribution in [0.3, 0.4) is 0 Å². The molecule has 1 atom stereocenters. The first-order chi connectivity index (χ1) is 19.0. The number of carboxylic acid groups (broad SMARTS) is 1. The summed E-state index contributed by atoms with van der Waals surface area (Å²) < 4.78 is 20.4. The Bertz CT molecular complexity index is 1250. The second-order valence-corrected chi connectivity index (χ2v) is 8.90. The van der Waals surface area contributed by atoms with Gasteiger partial charge in [0.05, 0.1) is 18.8 Å². The van der Waals surface area contributed by atoms with Crippen molar-refractivity contribution in [3.8, 4) is 16.9 Å². The third kappa shape index (κ3) is 8.55. The highest BCUT2D eigenvalue weighted by Gasteiger charge is 2.27. The van der Waals surface area contributed by atoms with Crippen LogP contribution in [0, 0.1) is 5.92 Å². The smallest absolute Gasteiger partial charge is 0.496 e. The third-order valence-corrected chi connectivity index (χ3v) is 5.55. The van der Waals surface area contributed by atoms with Crippen molar-refractivity contribution in [3.05, 3.63) is 53.4 Å². The number of rotatable bonds is 11. The Balaban J connectivity index is 0.00000274. The number of aromatic carboxylic acids is 1. The summed E-state index contributed by atoms with van der Waals surface area (Å²) in [6.07, 6.45) is 0.633. The average Bonchev–Trinajstić information content (AvgIpc) is 3.75. The van der Waals surface area contributed by atoms with E-state index in [-0.39, 0.29) is 28.1 Å². The largest absolute Gasteiger partial charge is 0.511 e. The quantitative estimate of drug-likeness (QED) is 0.275. The van der Waals surface area contributed by atoms with Gasteiger partial charge >= 0.3 is 18.1 Å². The Morgan fingerprint density at radius 3 is 2.30 bits per heavy atom. The number of aromatic nitrogens is 1. The molecule has 2 N–H and O–H groups in total. The number of nitrogens with zero attached hydrogens (tertiary/aromatic N) is 1. The van der Waals surface area contributed by atoms with Crippen molar-refractivity contribution in [3.63, 3.8) is 0 Å². The summed E-state index contributed by atoms with van der Waals surface area (Å²) in [5.41, 5.74) is 0.00211. The number of pyridine rings is 1. The fourth-order valence-corrected chi connectivity index (χ4v) is 3.53. The Morgan fingerprint density at radius 2 is 1.75 bits per heavy atom. The summed E-state index contributed by atoms with van der Waals surface area (Å²) in [6, 6.07) is 5.57. The molecule has 0 bridgehead atoms. The van der Waals surface area contributed by atoms with E-state index in [9.17, 15) is 24.3 Å². The van der Waals surface area contributed by atoms with E-state index in [2.05, 4.69) is 16.9 Å². The van der Waals surface area contributed by atoms with Crippen LogP contribution in [0.1, 0.15) is 84.4 Å². The van der Waals surface area contributed by atoms with Gasteiger partial charge in [-0.1, -0.05) is 26.5 Å². The molecule has 1 heterocycles. The third-order valence-electron chi connectivity index (χ3n) is 5.55. The summed E-state index contributed by atoms with van der Waals surface area (Å²) in [5, 5.41) is 12.6.